The molecule has 1 aromatic heterocycles. The highest BCUT2D eigenvalue weighted by Gasteiger charge is 2.00. The zero-order valence-corrected chi connectivity index (χ0v) is 10.1. The Labute approximate surface area is 92.3 Å². The standard InChI is InChI=1S/C10H15BrN2O/c1-8-6-9(11)7-13(10(8)14)5-3-4-12-2/h6-7,12H,3-5H2,1-2H3. The molecule has 0 fully saturated rings. The molecule has 0 aromatic carbocycles. The maximum atomic E-state index is 11.6. The summed E-state index contributed by atoms with van der Waals surface area (Å²) in [6, 6.07) is 1.84. The zero-order valence-electron chi connectivity index (χ0n) is 8.51. The first kappa shape index (κ1) is 11.5. The third kappa shape index (κ3) is 2.96. The average molecular weight is 259 g/mol. The van der Waals surface area contributed by atoms with E-state index in [-0.39, 0.29) is 5.56 Å². The molecule has 1 aromatic rings. The first-order valence-electron chi connectivity index (χ1n) is 4.66. The van der Waals surface area contributed by atoms with Crippen LogP contribution in [0.5, 0.6) is 0 Å². The Balaban J connectivity index is 2.81. The second-order valence-electron chi connectivity index (χ2n) is 3.30. The van der Waals surface area contributed by atoms with E-state index >= 15 is 0 Å². The molecule has 1 N–H and O–H groups in total. The Morgan fingerprint density at radius 1 is 1.57 bits per heavy atom. The van der Waals surface area contributed by atoms with Crippen LogP contribution in [0.2, 0.25) is 0 Å². The molecule has 0 amide bonds. The quantitative estimate of drug-likeness (QED) is 0.832. The summed E-state index contributed by atoms with van der Waals surface area (Å²) in [6.45, 7) is 3.53. The maximum absolute atomic E-state index is 11.6. The topological polar surface area (TPSA) is 34.0 Å². The summed E-state index contributed by atoms with van der Waals surface area (Å²) in [5, 5.41) is 3.06. The minimum Gasteiger partial charge on any atom is -0.320 e. The number of hydrogen-bond donors (Lipinski definition) is 1. The summed E-state index contributed by atoms with van der Waals surface area (Å²) >= 11 is 3.38. The lowest BCUT2D eigenvalue weighted by Crippen LogP contribution is -2.23. The molecule has 0 aliphatic rings. The molecule has 0 bridgehead atoms. The van der Waals surface area contributed by atoms with Gasteiger partial charge in [0, 0.05) is 22.8 Å². The van der Waals surface area contributed by atoms with Crippen molar-refractivity contribution in [3.05, 3.63) is 32.7 Å². The number of nitrogens with one attached hydrogen (secondary N) is 1. The van der Waals surface area contributed by atoms with Crippen molar-refractivity contribution >= 4 is 15.9 Å². The van der Waals surface area contributed by atoms with E-state index < -0.39 is 0 Å². The van der Waals surface area contributed by atoms with Crippen LogP contribution in [-0.4, -0.2) is 18.2 Å². The fourth-order valence-corrected chi connectivity index (χ4v) is 1.92. The summed E-state index contributed by atoms with van der Waals surface area (Å²) in [4.78, 5) is 11.6. The second kappa shape index (κ2) is 5.32. The van der Waals surface area contributed by atoms with E-state index in [4.69, 9.17) is 0 Å². The molecule has 4 heteroatoms. The predicted molar refractivity (Wildman–Crippen MR) is 61.7 cm³/mol. The molecule has 0 spiro atoms. The van der Waals surface area contributed by atoms with Gasteiger partial charge >= 0.3 is 0 Å². The van der Waals surface area contributed by atoms with Gasteiger partial charge in [0.2, 0.25) is 0 Å². The van der Waals surface area contributed by atoms with Crippen LogP contribution >= 0.6 is 15.9 Å². The van der Waals surface area contributed by atoms with Crippen LogP contribution < -0.4 is 10.9 Å². The largest absolute Gasteiger partial charge is 0.320 e. The first-order chi connectivity index (χ1) is 6.65. The molecule has 0 aliphatic carbocycles. The molecule has 1 rings (SSSR count). The van der Waals surface area contributed by atoms with Gasteiger partial charge in [0.05, 0.1) is 0 Å². The molecule has 14 heavy (non-hydrogen) atoms. The van der Waals surface area contributed by atoms with Crippen molar-refractivity contribution in [2.45, 2.75) is 19.9 Å². The number of aromatic nitrogens is 1. The van der Waals surface area contributed by atoms with Crippen molar-refractivity contribution in [2.75, 3.05) is 13.6 Å². The number of nitrogens with zero attached hydrogens (tertiary/aromatic N) is 1. The highest BCUT2D eigenvalue weighted by atomic mass is 79.9. The summed E-state index contributed by atoms with van der Waals surface area (Å²) < 4.78 is 2.70. The molecular weight excluding hydrogens is 244 g/mol. The molecule has 0 saturated heterocycles. The van der Waals surface area contributed by atoms with Gasteiger partial charge in [-0.2, -0.15) is 0 Å². The lowest BCUT2D eigenvalue weighted by atomic mass is 10.3. The van der Waals surface area contributed by atoms with Gasteiger partial charge in [0.1, 0.15) is 0 Å². The van der Waals surface area contributed by atoms with E-state index in [0.717, 1.165) is 29.5 Å². The van der Waals surface area contributed by atoms with Gasteiger partial charge in [-0.1, -0.05) is 0 Å². The molecule has 0 aliphatic heterocycles. The fourth-order valence-electron chi connectivity index (χ4n) is 1.33. The Hall–Kier alpha value is -0.610. The highest BCUT2D eigenvalue weighted by Crippen LogP contribution is 2.08. The van der Waals surface area contributed by atoms with Crippen molar-refractivity contribution in [2.24, 2.45) is 0 Å². The van der Waals surface area contributed by atoms with Gasteiger partial charge in [0.25, 0.3) is 5.56 Å². The molecule has 3 nitrogen and oxygen atoms in total. The van der Waals surface area contributed by atoms with Crippen molar-refractivity contribution in [3.8, 4) is 0 Å². The lowest BCUT2D eigenvalue weighted by Gasteiger charge is -2.07. The van der Waals surface area contributed by atoms with Crippen LogP contribution in [0.15, 0.2) is 21.5 Å². The van der Waals surface area contributed by atoms with Crippen molar-refractivity contribution in [1.29, 1.82) is 0 Å². The molecule has 1 heterocycles. The van der Waals surface area contributed by atoms with Crippen LogP contribution in [0.1, 0.15) is 12.0 Å². The Bertz CT molecular complexity index is 360. The maximum Gasteiger partial charge on any atom is 0.253 e. The normalized spacial score (nSPS) is 10.5. The number of pyridine rings is 1. The third-order valence-electron chi connectivity index (χ3n) is 2.06. The average Bonchev–Trinajstić information content (AvgIpc) is 2.13. The SMILES string of the molecule is CNCCCn1cc(Br)cc(C)c1=O. The molecule has 0 atom stereocenters. The summed E-state index contributed by atoms with van der Waals surface area (Å²) in [5.41, 5.74) is 0.883. The van der Waals surface area contributed by atoms with Gasteiger partial charge in [-0.05, 0) is 48.9 Å². The second-order valence-corrected chi connectivity index (χ2v) is 4.21. The summed E-state index contributed by atoms with van der Waals surface area (Å²) in [5.74, 6) is 0. The summed E-state index contributed by atoms with van der Waals surface area (Å²) in [7, 11) is 1.91. The zero-order chi connectivity index (χ0) is 10.6. The van der Waals surface area contributed by atoms with E-state index in [0.29, 0.717) is 0 Å². The number of hydrogen-bond acceptors (Lipinski definition) is 2. The molecular formula is C10H15BrN2O. The van der Waals surface area contributed by atoms with E-state index in [9.17, 15) is 4.79 Å². The molecule has 0 saturated carbocycles. The third-order valence-corrected chi connectivity index (χ3v) is 2.49. The Morgan fingerprint density at radius 3 is 2.93 bits per heavy atom. The fraction of sp³-hybridized carbons (Fsp3) is 0.500. The van der Waals surface area contributed by atoms with Gasteiger partial charge in [-0.25, -0.2) is 0 Å². The Kier molecular flexibility index (Phi) is 4.35. The van der Waals surface area contributed by atoms with Crippen LogP contribution in [0.25, 0.3) is 0 Å². The van der Waals surface area contributed by atoms with Crippen molar-refractivity contribution in [3.63, 3.8) is 0 Å². The van der Waals surface area contributed by atoms with Crippen LogP contribution in [-0.2, 0) is 6.54 Å². The van der Waals surface area contributed by atoms with Crippen LogP contribution in [0.3, 0.4) is 0 Å². The van der Waals surface area contributed by atoms with Gasteiger partial charge < -0.3 is 9.88 Å². The van der Waals surface area contributed by atoms with Crippen molar-refractivity contribution in [1.82, 2.24) is 9.88 Å². The lowest BCUT2D eigenvalue weighted by molar-refractivity contribution is 0.594. The van der Waals surface area contributed by atoms with E-state index in [2.05, 4.69) is 21.2 Å². The van der Waals surface area contributed by atoms with E-state index in [1.807, 2.05) is 26.2 Å². The summed E-state index contributed by atoms with van der Waals surface area (Å²) in [6.07, 6.45) is 2.80. The first-order valence-corrected chi connectivity index (χ1v) is 5.45. The molecule has 0 unspecified atom stereocenters. The van der Waals surface area contributed by atoms with Crippen LogP contribution in [0, 0.1) is 6.92 Å². The van der Waals surface area contributed by atoms with Gasteiger partial charge in [-0.3, -0.25) is 4.79 Å². The smallest absolute Gasteiger partial charge is 0.253 e. The van der Waals surface area contributed by atoms with E-state index in [1.54, 1.807) is 4.57 Å². The predicted octanol–water partition coefficient (Wildman–Crippen LogP) is 1.53. The number of halogens is 1. The van der Waals surface area contributed by atoms with Crippen molar-refractivity contribution < 1.29 is 0 Å². The number of aryl methyl sites for hydroxylation is 2. The molecule has 78 valence electrons. The monoisotopic (exact) mass is 258 g/mol. The van der Waals surface area contributed by atoms with Gasteiger partial charge in [0.15, 0.2) is 0 Å². The van der Waals surface area contributed by atoms with Gasteiger partial charge in [-0.15, -0.1) is 0 Å². The minimum atomic E-state index is 0.101. The minimum absolute atomic E-state index is 0.101. The van der Waals surface area contributed by atoms with Crippen LogP contribution in [0.4, 0.5) is 0 Å². The Morgan fingerprint density at radius 2 is 2.29 bits per heavy atom. The number of rotatable bonds is 4. The highest BCUT2D eigenvalue weighted by molar-refractivity contribution is 9.10. The molecule has 0 radical (unpaired) electrons. The van der Waals surface area contributed by atoms with E-state index in [1.165, 1.54) is 0 Å².